The number of rotatable bonds is 4. The fraction of sp³-hybridized carbons (Fsp3) is 0.250. The SMILES string of the molecule is C[C@H]1CN(C(=O)Nc2cn(Cc3ccccc3)nn2)[C@H]1c1ccccc1. The van der Waals surface area contributed by atoms with E-state index in [1.54, 1.807) is 10.9 Å². The van der Waals surface area contributed by atoms with Gasteiger partial charge in [0.05, 0.1) is 18.8 Å². The molecule has 26 heavy (non-hydrogen) atoms. The van der Waals surface area contributed by atoms with Crippen LogP contribution in [0.2, 0.25) is 0 Å². The number of carbonyl (C=O) groups is 1. The molecule has 1 saturated heterocycles. The highest BCUT2D eigenvalue weighted by Crippen LogP contribution is 2.38. The quantitative estimate of drug-likeness (QED) is 0.785. The Hall–Kier alpha value is -3.15. The van der Waals surface area contributed by atoms with Gasteiger partial charge in [0.1, 0.15) is 0 Å². The molecule has 0 radical (unpaired) electrons. The van der Waals surface area contributed by atoms with Crippen molar-refractivity contribution in [2.24, 2.45) is 5.92 Å². The average molecular weight is 347 g/mol. The van der Waals surface area contributed by atoms with Crippen molar-refractivity contribution in [3.05, 3.63) is 78.0 Å². The molecular weight excluding hydrogens is 326 g/mol. The van der Waals surface area contributed by atoms with Crippen LogP contribution in [0.3, 0.4) is 0 Å². The van der Waals surface area contributed by atoms with Crippen LogP contribution in [0.4, 0.5) is 10.6 Å². The molecular formula is C20H21N5O. The second kappa shape index (κ2) is 7.00. The first-order chi connectivity index (χ1) is 12.7. The van der Waals surface area contributed by atoms with Gasteiger partial charge in [-0.3, -0.25) is 5.32 Å². The zero-order valence-electron chi connectivity index (χ0n) is 14.6. The van der Waals surface area contributed by atoms with Crippen molar-refractivity contribution in [2.75, 3.05) is 11.9 Å². The highest BCUT2D eigenvalue weighted by Gasteiger charge is 2.40. The summed E-state index contributed by atoms with van der Waals surface area (Å²) in [5, 5.41) is 11.0. The van der Waals surface area contributed by atoms with Crippen molar-refractivity contribution in [1.82, 2.24) is 19.9 Å². The van der Waals surface area contributed by atoms with Gasteiger partial charge in [-0.1, -0.05) is 72.8 Å². The van der Waals surface area contributed by atoms with Crippen molar-refractivity contribution >= 4 is 11.8 Å². The molecule has 0 bridgehead atoms. The molecule has 1 aromatic heterocycles. The van der Waals surface area contributed by atoms with Crippen molar-refractivity contribution in [3.63, 3.8) is 0 Å². The lowest BCUT2D eigenvalue weighted by Gasteiger charge is -2.46. The summed E-state index contributed by atoms with van der Waals surface area (Å²) in [6, 6.07) is 20.1. The van der Waals surface area contributed by atoms with Gasteiger partial charge >= 0.3 is 6.03 Å². The highest BCUT2D eigenvalue weighted by atomic mass is 16.2. The van der Waals surface area contributed by atoms with Gasteiger partial charge in [-0.05, 0) is 17.0 Å². The normalized spacial score (nSPS) is 19.0. The second-order valence-electron chi connectivity index (χ2n) is 6.70. The molecule has 1 aliphatic rings. The lowest BCUT2D eigenvalue weighted by molar-refractivity contribution is 0.0670. The molecule has 0 unspecified atom stereocenters. The summed E-state index contributed by atoms with van der Waals surface area (Å²) in [7, 11) is 0. The summed E-state index contributed by atoms with van der Waals surface area (Å²) >= 11 is 0. The molecule has 132 valence electrons. The maximum Gasteiger partial charge on any atom is 0.323 e. The zero-order valence-corrected chi connectivity index (χ0v) is 14.6. The van der Waals surface area contributed by atoms with Crippen LogP contribution in [-0.4, -0.2) is 32.5 Å². The van der Waals surface area contributed by atoms with Crippen molar-refractivity contribution in [3.8, 4) is 0 Å². The number of aromatic nitrogens is 3. The van der Waals surface area contributed by atoms with E-state index in [1.165, 1.54) is 0 Å². The predicted octanol–water partition coefficient (Wildman–Crippen LogP) is 3.55. The number of nitrogens with one attached hydrogen (secondary N) is 1. The van der Waals surface area contributed by atoms with E-state index in [1.807, 2.05) is 53.4 Å². The van der Waals surface area contributed by atoms with Gasteiger partial charge in [0.2, 0.25) is 0 Å². The number of carbonyl (C=O) groups excluding carboxylic acids is 1. The minimum Gasteiger partial charge on any atom is -0.317 e. The summed E-state index contributed by atoms with van der Waals surface area (Å²) in [6.45, 7) is 3.53. The first-order valence-electron chi connectivity index (χ1n) is 8.77. The van der Waals surface area contributed by atoms with Crippen molar-refractivity contribution in [2.45, 2.75) is 19.5 Å². The Labute approximate surface area is 152 Å². The summed E-state index contributed by atoms with van der Waals surface area (Å²) < 4.78 is 1.72. The average Bonchev–Trinajstić information content (AvgIpc) is 3.08. The standard InChI is InChI=1S/C20H21N5O/c1-15-12-25(19(15)17-10-6-3-7-11-17)20(26)21-18-14-24(23-22-18)13-16-8-4-2-5-9-16/h2-11,14-15,19H,12-13H2,1H3,(H,21,26)/t15-,19+/m0/s1. The van der Waals surface area contributed by atoms with Gasteiger partial charge in [-0.2, -0.15) is 0 Å². The Morgan fingerprint density at radius 3 is 2.50 bits per heavy atom. The Morgan fingerprint density at radius 1 is 1.12 bits per heavy atom. The number of hydrogen-bond donors (Lipinski definition) is 1. The number of anilines is 1. The van der Waals surface area contributed by atoms with Crippen LogP contribution < -0.4 is 5.32 Å². The molecule has 2 heterocycles. The van der Waals surface area contributed by atoms with E-state index in [4.69, 9.17) is 0 Å². The molecule has 1 aliphatic heterocycles. The Kier molecular flexibility index (Phi) is 4.39. The van der Waals surface area contributed by atoms with Gasteiger partial charge in [-0.15, -0.1) is 5.10 Å². The number of benzene rings is 2. The first-order valence-corrected chi connectivity index (χ1v) is 8.77. The van der Waals surface area contributed by atoms with Crippen LogP contribution in [0.1, 0.15) is 24.1 Å². The zero-order chi connectivity index (χ0) is 17.9. The highest BCUT2D eigenvalue weighted by molar-refractivity contribution is 5.89. The molecule has 6 heteroatoms. The Bertz CT molecular complexity index is 877. The van der Waals surface area contributed by atoms with Crippen LogP contribution in [0.25, 0.3) is 0 Å². The third-order valence-electron chi connectivity index (χ3n) is 4.72. The van der Waals surface area contributed by atoms with Gasteiger partial charge < -0.3 is 4.90 Å². The predicted molar refractivity (Wildman–Crippen MR) is 99.6 cm³/mol. The number of urea groups is 1. The van der Waals surface area contributed by atoms with Gasteiger partial charge in [0.25, 0.3) is 0 Å². The monoisotopic (exact) mass is 347 g/mol. The molecule has 2 atom stereocenters. The third-order valence-corrected chi connectivity index (χ3v) is 4.72. The van der Waals surface area contributed by atoms with Crippen LogP contribution in [-0.2, 0) is 6.54 Å². The Morgan fingerprint density at radius 2 is 1.81 bits per heavy atom. The fourth-order valence-electron chi connectivity index (χ4n) is 3.45. The number of hydrogen-bond acceptors (Lipinski definition) is 3. The van der Waals surface area contributed by atoms with Crippen molar-refractivity contribution < 1.29 is 4.79 Å². The molecule has 0 aliphatic carbocycles. The lowest BCUT2D eigenvalue weighted by atomic mass is 9.85. The number of amides is 2. The summed E-state index contributed by atoms with van der Waals surface area (Å²) in [4.78, 5) is 14.5. The molecule has 2 aromatic carbocycles. The number of nitrogens with zero attached hydrogens (tertiary/aromatic N) is 4. The summed E-state index contributed by atoms with van der Waals surface area (Å²) in [5.41, 5.74) is 2.30. The van der Waals surface area contributed by atoms with Gasteiger partial charge in [-0.25, -0.2) is 9.48 Å². The largest absolute Gasteiger partial charge is 0.323 e. The van der Waals surface area contributed by atoms with Crippen molar-refractivity contribution in [1.29, 1.82) is 0 Å². The van der Waals surface area contributed by atoms with Gasteiger partial charge in [0, 0.05) is 6.54 Å². The van der Waals surface area contributed by atoms with E-state index >= 15 is 0 Å². The second-order valence-corrected chi connectivity index (χ2v) is 6.70. The van der Waals surface area contributed by atoms with E-state index in [0.717, 1.165) is 17.7 Å². The molecule has 0 spiro atoms. The van der Waals surface area contributed by atoms with E-state index in [0.29, 0.717) is 18.3 Å². The summed E-state index contributed by atoms with van der Waals surface area (Å²) in [5.74, 6) is 0.911. The summed E-state index contributed by atoms with van der Waals surface area (Å²) in [6.07, 6.45) is 1.76. The van der Waals surface area contributed by atoms with E-state index < -0.39 is 0 Å². The maximum absolute atomic E-state index is 12.6. The molecule has 1 N–H and O–H groups in total. The molecule has 3 aromatic rings. The van der Waals surface area contributed by atoms with Crippen LogP contribution >= 0.6 is 0 Å². The van der Waals surface area contributed by atoms with E-state index in [9.17, 15) is 4.79 Å². The Balaban J connectivity index is 1.41. The smallest absolute Gasteiger partial charge is 0.317 e. The van der Waals surface area contributed by atoms with Crippen LogP contribution in [0.5, 0.6) is 0 Å². The van der Waals surface area contributed by atoms with Crippen LogP contribution in [0.15, 0.2) is 66.9 Å². The van der Waals surface area contributed by atoms with E-state index in [2.05, 4.69) is 34.7 Å². The lowest BCUT2D eigenvalue weighted by Crippen LogP contribution is -2.53. The maximum atomic E-state index is 12.6. The molecule has 2 amide bonds. The topological polar surface area (TPSA) is 63.1 Å². The van der Waals surface area contributed by atoms with E-state index in [-0.39, 0.29) is 12.1 Å². The number of likely N-dealkylation sites (tertiary alicyclic amines) is 1. The molecule has 6 nitrogen and oxygen atoms in total. The molecule has 0 saturated carbocycles. The van der Waals surface area contributed by atoms with Crippen LogP contribution in [0, 0.1) is 5.92 Å². The fourth-order valence-corrected chi connectivity index (χ4v) is 3.45. The van der Waals surface area contributed by atoms with Gasteiger partial charge in [0.15, 0.2) is 5.82 Å². The first kappa shape index (κ1) is 16.3. The molecule has 4 rings (SSSR count). The third kappa shape index (κ3) is 3.31. The minimum absolute atomic E-state index is 0.107. The molecule has 1 fully saturated rings. The minimum atomic E-state index is -0.135.